The second-order valence-corrected chi connectivity index (χ2v) is 10.1. The van der Waals surface area contributed by atoms with E-state index >= 15 is 0 Å². The van der Waals surface area contributed by atoms with Crippen molar-refractivity contribution in [2.45, 2.75) is 31.4 Å². The summed E-state index contributed by atoms with van der Waals surface area (Å²) in [5.74, 6) is -1.23. The monoisotopic (exact) mass is 598 g/mol. The first kappa shape index (κ1) is 29.8. The first-order chi connectivity index (χ1) is 20.3. The van der Waals surface area contributed by atoms with Crippen LogP contribution >= 0.6 is 0 Å². The van der Waals surface area contributed by atoms with Crippen molar-refractivity contribution < 1.29 is 40.7 Å². The number of esters is 1. The van der Waals surface area contributed by atoms with Gasteiger partial charge in [0.1, 0.15) is 11.8 Å². The summed E-state index contributed by atoms with van der Waals surface area (Å²) in [6.07, 6.45) is -8.59. The van der Waals surface area contributed by atoms with E-state index in [-0.39, 0.29) is 17.9 Å². The van der Waals surface area contributed by atoms with Crippen molar-refractivity contribution in [1.82, 2.24) is 4.90 Å². The van der Waals surface area contributed by atoms with E-state index in [2.05, 4.69) is 0 Å². The molecule has 0 bridgehead atoms. The molecule has 0 radical (unpaired) electrons. The van der Waals surface area contributed by atoms with Crippen molar-refractivity contribution in [2.75, 3.05) is 6.54 Å². The minimum Gasteiger partial charge on any atom is -0.423 e. The molecular weight excluding hydrogens is 574 g/mol. The van der Waals surface area contributed by atoms with Gasteiger partial charge in [0.15, 0.2) is 0 Å². The van der Waals surface area contributed by atoms with Gasteiger partial charge in [0.25, 0.3) is 0 Å². The topological polar surface area (TPSA) is 72.6 Å². The number of benzene rings is 4. The maximum Gasteiger partial charge on any atom is 0.416 e. The van der Waals surface area contributed by atoms with E-state index in [4.69, 9.17) is 10.5 Å². The number of amides is 1. The Hall–Kier alpha value is -4.64. The van der Waals surface area contributed by atoms with Crippen LogP contribution in [0.4, 0.5) is 26.3 Å². The molecule has 0 aliphatic carbocycles. The zero-order chi connectivity index (χ0) is 30.9. The van der Waals surface area contributed by atoms with Gasteiger partial charge in [0.2, 0.25) is 5.91 Å². The van der Waals surface area contributed by atoms with Crippen molar-refractivity contribution in [1.29, 1.82) is 0 Å². The smallest absolute Gasteiger partial charge is 0.416 e. The van der Waals surface area contributed by atoms with Gasteiger partial charge in [-0.3, -0.25) is 9.69 Å². The van der Waals surface area contributed by atoms with Gasteiger partial charge in [0, 0.05) is 13.1 Å². The Morgan fingerprint density at radius 3 is 2.19 bits per heavy atom. The summed E-state index contributed by atoms with van der Waals surface area (Å²) in [7, 11) is 0. The second-order valence-electron chi connectivity index (χ2n) is 10.1. The van der Waals surface area contributed by atoms with Crippen LogP contribution in [0.2, 0.25) is 0 Å². The van der Waals surface area contributed by atoms with Gasteiger partial charge >= 0.3 is 18.3 Å². The van der Waals surface area contributed by atoms with Gasteiger partial charge in [-0.25, -0.2) is 4.79 Å². The third-order valence-electron chi connectivity index (χ3n) is 7.23. The molecule has 0 spiro atoms. The van der Waals surface area contributed by atoms with Gasteiger partial charge in [-0.05, 0) is 70.6 Å². The Labute approximate surface area is 242 Å². The fraction of sp³-hybridized carbons (Fsp3) is 0.188. The Morgan fingerprint density at radius 1 is 0.814 bits per heavy atom. The highest BCUT2D eigenvalue weighted by Crippen LogP contribution is 2.36. The fourth-order valence-corrected chi connectivity index (χ4v) is 5.22. The number of ether oxygens (including phenoxy) is 1. The quantitative estimate of drug-likeness (QED) is 0.145. The van der Waals surface area contributed by atoms with Crippen molar-refractivity contribution in [3.8, 4) is 16.9 Å². The molecule has 1 aliphatic heterocycles. The molecule has 43 heavy (non-hydrogen) atoms. The lowest BCUT2D eigenvalue weighted by Gasteiger charge is -2.35. The highest BCUT2D eigenvalue weighted by Gasteiger charge is 2.34. The molecule has 2 N–H and O–H groups in total. The standard InChI is InChI=1S/C32H24F6N2O3/c33-31(34,35)22-10-8-20(9-11-22)25-6-1-2-7-27(25)30(42)43-24-12-13-26-21(17-24)14-15-40(28(26)29(39)41)18-19-4-3-5-23(16-19)32(36,37)38/h1-13,16-17,28H,14-15,18H2,(H2,39,41). The molecule has 1 atom stereocenters. The largest absolute Gasteiger partial charge is 0.423 e. The van der Waals surface area contributed by atoms with E-state index in [1.807, 2.05) is 0 Å². The number of alkyl halides is 6. The molecule has 5 nitrogen and oxygen atoms in total. The van der Waals surface area contributed by atoms with Crippen LogP contribution < -0.4 is 10.5 Å². The lowest BCUT2D eigenvalue weighted by atomic mass is 9.91. The normalized spacial score (nSPS) is 15.5. The molecule has 4 aromatic rings. The number of carbonyl (C=O) groups excluding carboxylic acids is 2. The van der Waals surface area contributed by atoms with Crippen LogP contribution in [0.3, 0.4) is 0 Å². The van der Waals surface area contributed by atoms with E-state index in [0.717, 1.165) is 24.3 Å². The highest BCUT2D eigenvalue weighted by atomic mass is 19.4. The van der Waals surface area contributed by atoms with Crippen LogP contribution in [0.1, 0.15) is 44.2 Å². The maximum absolute atomic E-state index is 13.2. The SMILES string of the molecule is NC(=O)C1c2ccc(OC(=O)c3ccccc3-c3ccc(C(F)(F)F)cc3)cc2CCN1Cc1cccc(C(F)(F)F)c1. The third-order valence-corrected chi connectivity index (χ3v) is 7.23. The van der Waals surface area contributed by atoms with Crippen molar-refractivity contribution in [3.63, 3.8) is 0 Å². The van der Waals surface area contributed by atoms with Crippen LogP contribution in [0, 0.1) is 0 Å². The summed E-state index contributed by atoms with van der Waals surface area (Å²) in [5.41, 5.74) is 6.66. The van der Waals surface area contributed by atoms with Crippen molar-refractivity contribution in [2.24, 2.45) is 5.73 Å². The number of hydrogen-bond acceptors (Lipinski definition) is 4. The summed E-state index contributed by atoms with van der Waals surface area (Å²) < 4.78 is 84.2. The lowest BCUT2D eigenvalue weighted by Crippen LogP contribution is -2.42. The predicted molar refractivity (Wildman–Crippen MR) is 146 cm³/mol. The van der Waals surface area contributed by atoms with Gasteiger partial charge in [-0.2, -0.15) is 26.3 Å². The number of halogens is 6. The van der Waals surface area contributed by atoms with Gasteiger partial charge in [0.05, 0.1) is 16.7 Å². The molecule has 0 saturated carbocycles. The average molecular weight is 599 g/mol. The molecule has 1 amide bonds. The molecule has 0 aromatic heterocycles. The van der Waals surface area contributed by atoms with Gasteiger partial charge in [-0.1, -0.05) is 54.6 Å². The van der Waals surface area contributed by atoms with Gasteiger partial charge in [-0.15, -0.1) is 0 Å². The molecule has 4 aromatic carbocycles. The number of primary amides is 1. The van der Waals surface area contributed by atoms with Crippen molar-refractivity contribution >= 4 is 11.9 Å². The Morgan fingerprint density at radius 2 is 1.51 bits per heavy atom. The third kappa shape index (κ3) is 6.56. The summed E-state index contributed by atoms with van der Waals surface area (Å²) in [6.45, 7) is 0.374. The first-order valence-electron chi connectivity index (χ1n) is 13.1. The Bertz CT molecular complexity index is 1670. The molecule has 1 aliphatic rings. The zero-order valence-electron chi connectivity index (χ0n) is 22.4. The minimum atomic E-state index is -4.50. The highest BCUT2D eigenvalue weighted by molar-refractivity contribution is 5.98. The summed E-state index contributed by atoms with van der Waals surface area (Å²) in [5, 5.41) is 0. The molecule has 0 saturated heterocycles. The number of nitrogens with zero attached hydrogens (tertiary/aromatic N) is 1. The summed E-state index contributed by atoms with van der Waals surface area (Å²) in [6, 6.07) is 19.4. The number of hydrogen-bond donors (Lipinski definition) is 1. The molecular formula is C32H24F6N2O3. The molecule has 1 heterocycles. The van der Waals surface area contributed by atoms with E-state index < -0.39 is 41.4 Å². The Kier molecular flexibility index (Phi) is 8.02. The summed E-state index contributed by atoms with van der Waals surface area (Å²) in [4.78, 5) is 27.4. The zero-order valence-corrected chi connectivity index (χ0v) is 22.4. The summed E-state index contributed by atoms with van der Waals surface area (Å²) >= 11 is 0. The maximum atomic E-state index is 13.2. The van der Waals surface area contributed by atoms with E-state index in [1.165, 1.54) is 30.3 Å². The number of fused-ring (bicyclic) bond motifs is 1. The second kappa shape index (κ2) is 11.6. The van der Waals surface area contributed by atoms with E-state index in [9.17, 15) is 35.9 Å². The number of nitrogens with two attached hydrogens (primary N) is 1. The van der Waals surface area contributed by atoms with E-state index in [1.54, 1.807) is 41.3 Å². The fourth-order valence-electron chi connectivity index (χ4n) is 5.22. The first-order valence-corrected chi connectivity index (χ1v) is 13.1. The number of carbonyl (C=O) groups is 2. The van der Waals surface area contributed by atoms with Gasteiger partial charge < -0.3 is 10.5 Å². The predicted octanol–water partition coefficient (Wildman–Crippen LogP) is 7.20. The van der Waals surface area contributed by atoms with Crippen molar-refractivity contribution in [3.05, 3.63) is 124 Å². The average Bonchev–Trinajstić information content (AvgIpc) is 2.96. The van der Waals surface area contributed by atoms with Crippen LogP contribution in [0.15, 0.2) is 91.0 Å². The molecule has 0 fully saturated rings. The van der Waals surface area contributed by atoms with Crippen LogP contribution in [0.5, 0.6) is 5.75 Å². The van der Waals surface area contributed by atoms with Crippen LogP contribution in [-0.2, 0) is 30.1 Å². The van der Waals surface area contributed by atoms with Crippen LogP contribution in [-0.4, -0.2) is 23.3 Å². The Balaban J connectivity index is 1.36. The molecule has 1 unspecified atom stereocenters. The molecule has 5 rings (SSSR count). The molecule has 222 valence electrons. The van der Waals surface area contributed by atoms with E-state index in [0.29, 0.717) is 40.8 Å². The molecule has 11 heteroatoms. The van der Waals surface area contributed by atoms with Crippen LogP contribution in [0.25, 0.3) is 11.1 Å². The minimum absolute atomic E-state index is 0.0639. The lowest BCUT2D eigenvalue weighted by molar-refractivity contribution is -0.138. The number of rotatable bonds is 6.